The van der Waals surface area contributed by atoms with E-state index in [9.17, 15) is 131 Å². The molecule has 4 amide bonds. The fourth-order valence-corrected chi connectivity index (χ4v) is 13.8. The highest BCUT2D eigenvalue weighted by Crippen LogP contribution is 2.37. The number of rotatable bonds is 48. The van der Waals surface area contributed by atoms with Gasteiger partial charge in [-0.15, -0.1) is 0 Å². The molecule has 686 valence electrons. The minimum Gasteiger partial charge on any atom is -0.486 e. The second-order valence-corrected chi connectivity index (χ2v) is 29.4. The Morgan fingerprint density at radius 3 is 1.10 bits per heavy atom. The van der Waals surface area contributed by atoms with Gasteiger partial charge in [0.1, 0.15) is 171 Å². The summed E-state index contributed by atoms with van der Waals surface area (Å²) >= 11 is 0. The Hall–Kier alpha value is -6.55. The van der Waals surface area contributed by atoms with Gasteiger partial charge in [0.15, 0.2) is 49.3 Å². The zero-order valence-corrected chi connectivity index (χ0v) is 66.2. The van der Waals surface area contributed by atoms with Crippen molar-refractivity contribution in [2.75, 3.05) is 106 Å². The largest absolute Gasteiger partial charge is 0.486 e. The number of hydrogen-bond acceptors (Lipinski definition) is 41. The standard InChI is InChI=1S/C75H114N4O42/c1-34(86)78-51-57(96)65(118-74-63(102)67(55(94)45(28-82)114-74)120-72-61(100)59(98)53(92)43(26-80)112-72)47(30-84)116-70(51)108-19-5-15-76-49(90)13-21-106-17-3-7-39(88)32-110-41-11-9-36(10-12-41)37-23-38(69(104)105)25-42(24-37)111-33-40(89)8-4-18-107-22-14-50(91)77-16-6-20-109-71-52(79-35(2)87)58(97)66(48(31-85)117-71)119-75-64(103)68(56(95)46(29-83)115-75)121-73-62(101)60(99)54(93)44(27-81)113-73/h9-12,23-25,43-48,51-68,70-75,80-85,92-103H,3-8,13-22,26-33H2,1-2H3,(H,76,90)(H,77,91)(H,78,86)(H,79,87)(H,104,105)/t43?,44?,45?,46?,47?,48?,51?,52?,53-,54-,55-,56-,57+,58+,59?,60?,61-,62-,63?,64?,65+,66+,67-,68-,70+,71+,72+,73+,74-,75-/m0/s1. The van der Waals surface area contributed by atoms with Crippen molar-refractivity contribution >= 4 is 41.2 Å². The van der Waals surface area contributed by atoms with Crippen molar-refractivity contribution in [3.05, 3.63) is 48.0 Å². The molecular formula is C75H114N4O42. The normalized spacial score (nSPS) is 34.4. The third kappa shape index (κ3) is 28.2. The van der Waals surface area contributed by atoms with Crippen LogP contribution in [0.5, 0.6) is 11.5 Å². The van der Waals surface area contributed by atoms with Crippen LogP contribution in [0.15, 0.2) is 42.5 Å². The molecule has 12 unspecified atom stereocenters. The van der Waals surface area contributed by atoms with Crippen molar-refractivity contribution in [1.82, 2.24) is 21.3 Å². The van der Waals surface area contributed by atoms with Crippen molar-refractivity contribution in [2.45, 2.75) is 249 Å². The number of carboxylic acid groups (broad SMARTS) is 1. The molecule has 8 rings (SSSR count). The van der Waals surface area contributed by atoms with Crippen LogP contribution in [0.1, 0.15) is 75.6 Å². The maximum Gasteiger partial charge on any atom is 0.335 e. The minimum absolute atomic E-state index is 0.00116. The van der Waals surface area contributed by atoms with Gasteiger partial charge in [-0.2, -0.15) is 0 Å². The Labute approximate surface area is 692 Å². The summed E-state index contributed by atoms with van der Waals surface area (Å²) in [7, 11) is 0. The van der Waals surface area contributed by atoms with E-state index in [0.29, 0.717) is 23.3 Å². The molecule has 0 radical (unpaired) electrons. The average Bonchev–Trinajstić information content (AvgIpc) is 1.09. The van der Waals surface area contributed by atoms with Crippen molar-refractivity contribution in [3.8, 4) is 22.6 Å². The number of hydrogen-bond donors (Lipinski definition) is 23. The number of benzene rings is 2. The second-order valence-electron chi connectivity index (χ2n) is 29.4. The van der Waals surface area contributed by atoms with Gasteiger partial charge in [0.25, 0.3) is 0 Å². The van der Waals surface area contributed by atoms with Crippen LogP contribution in [-0.2, 0) is 95.1 Å². The van der Waals surface area contributed by atoms with Crippen LogP contribution in [-0.4, -0.2) is 428 Å². The maximum atomic E-state index is 12.8. The monoisotopic (exact) mass is 1740 g/mol. The number of ether oxygens (including phenoxy) is 16. The summed E-state index contributed by atoms with van der Waals surface area (Å²) in [5.74, 6) is -3.46. The number of aliphatic hydroxyl groups is 18. The molecule has 30 atom stereocenters. The first kappa shape index (κ1) is 99.9. The summed E-state index contributed by atoms with van der Waals surface area (Å²) in [6.45, 7) is -3.24. The first-order chi connectivity index (χ1) is 57.8. The highest BCUT2D eigenvalue weighted by atomic mass is 16.8. The van der Waals surface area contributed by atoms with Crippen LogP contribution in [0.4, 0.5) is 0 Å². The van der Waals surface area contributed by atoms with Crippen LogP contribution in [0, 0.1) is 0 Å². The van der Waals surface area contributed by atoms with E-state index in [1.807, 2.05) is 0 Å². The van der Waals surface area contributed by atoms with Crippen molar-refractivity contribution in [3.63, 3.8) is 0 Å². The Bertz CT molecular complexity index is 3520. The first-order valence-electron chi connectivity index (χ1n) is 39.5. The topological polar surface area (TPSA) is 700 Å². The number of carbonyl (C=O) groups excluding carboxylic acids is 6. The van der Waals surface area contributed by atoms with Crippen LogP contribution >= 0.6 is 0 Å². The highest BCUT2D eigenvalue weighted by Gasteiger charge is 2.57. The Kier molecular flexibility index (Phi) is 40.8. The average molecular weight is 1740 g/mol. The zero-order valence-electron chi connectivity index (χ0n) is 66.2. The Balaban J connectivity index is 0.660. The number of nitrogens with one attached hydrogen (secondary N) is 4. The summed E-state index contributed by atoms with van der Waals surface area (Å²) in [6, 6.07) is 7.93. The van der Waals surface area contributed by atoms with Gasteiger partial charge in [0.05, 0.1) is 71.6 Å². The predicted octanol–water partition coefficient (Wildman–Crippen LogP) is -10.4. The summed E-state index contributed by atoms with van der Waals surface area (Å²) in [4.78, 5) is 87.6. The van der Waals surface area contributed by atoms with E-state index in [2.05, 4.69) is 21.3 Å². The fraction of sp³-hybridized carbons (Fsp3) is 0.747. The number of aromatic carboxylic acids is 1. The van der Waals surface area contributed by atoms with Gasteiger partial charge in [-0.25, -0.2) is 4.79 Å². The minimum atomic E-state index is -2.01. The molecule has 0 bridgehead atoms. The smallest absolute Gasteiger partial charge is 0.335 e. The Morgan fingerprint density at radius 2 is 0.719 bits per heavy atom. The molecule has 2 aromatic carbocycles. The SMILES string of the molecule is CC(=O)NC1[C@H](OCCCNC(=O)CCOCCCC(=O)COc2ccc(-c3cc(OCC(=O)CCCOCCC(=O)NCCCO[C@@H]4OC(CO)[C@@H](O[C@@H]5OC(CO)[C@H](O)[C@H](O[C@H]6OC(CO)[C@H](O)C(O)[C@@H]6O)C5O)[C@H](O)C4NC(C)=O)cc(C(=O)O)c3)cc2)OC(CO)[C@@H](O[C@@H]2OC(CO)[C@H](O)[C@H](O[C@H]3OC(CO)[C@H](O)C(O)[C@@H]3O)C2O)[C@@H]1O. The quantitative estimate of drug-likeness (QED) is 0.0274. The molecule has 6 saturated heterocycles. The first-order valence-corrected chi connectivity index (χ1v) is 39.5. The number of Topliss-reactive ketones (excluding diaryl/α,β-unsaturated/α-hetero) is 2. The zero-order chi connectivity index (χ0) is 88.3. The highest BCUT2D eigenvalue weighted by molar-refractivity contribution is 5.90. The molecule has 2 aromatic rings. The molecule has 6 fully saturated rings. The third-order valence-electron chi connectivity index (χ3n) is 20.4. The molecule has 6 aliphatic rings. The van der Waals surface area contributed by atoms with Crippen LogP contribution in [0.25, 0.3) is 11.1 Å². The number of carbonyl (C=O) groups is 7. The van der Waals surface area contributed by atoms with E-state index in [4.69, 9.17) is 75.8 Å². The van der Waals surface area contributed by atoms with Gasteiger partial charge in [-0.05, 0) is 67.1 Å². The molecule has 23 N–H and O–H groups in total. The number of amides is 4. The maximum absolute atomic E-state index is 12.8. The van der Waals surface area contributed by atoms with Crippen molar-refractivity contribution < 1.29 is 206 Å². The van der Waals surface area contributed by atoms with Crippen LogP contribution < -0.4 is 30.7 Å². The lowest BCUT2D eigenvalue weighted by Crippen LogP contribution is -2.68. The molecule has 0 aromatic heterocycles. The Morgan fingerprint density at radius 1 is 0.355 bits per heavy atom. The van der Waals surface area contributed by atoms with Gasteiger partial charge >= 0.3 is 5.97 Å². The summed E-state index contributed by atoms with van der Waals surface area (Å²) in [5, 5.41) is 210. The van der Waals surface area contributed by atoms with Crippen LogP contribution in [0.2, 0.25) is 0 Å². The lowest BCUT2D eigenvalue weighted by atomic mass is 9.95. The van der Waals surface area contributed by atoms with E-state index in [0.717, 1.165) is 13.8 Å². The van der Waals surface area contributed by atoms with Gasteiger partial charge < -0.3 is 194 Å². The molecule has 121 heavy (non-hydrogen) atoms. The number of ketones is 2. The van der Waals surface area contributed by atoms with Gasteiger partial charge in [0.2, 0.25) is 23.6 Å². The molecule has 46 nitrogen and oxygen atoms in total. The van der Waals surface area contributed by atoms with Crippen LogP contribution in [0.3, 0.4) is 0 Å². The summed E-state index contributed by atoms with van der Waals surface area (Å²) < 4.78 is 90.8. The summed E-state index contributed by atoms with van der Waals surface area (Å²) in [5.41, 5.74) is 0.875. The predicted molar refractivity (Wildman–Crippen MR) is 398 cm³/mol. The summed E-state index contributed by atoms with van der Waals surface area (Å²) in [6.07, 6.45) is -47.3. The molecule has 6 aliphatic heterocycles. The van der Waals surface area contributed by atoms with Crippen molar-refractivity contribution in [1.29, 1.82) is 0 Å². The lowest BCUT2D eigenvalue weighted by Gasteiger charge is -2.48. The third-order valence-corrected chi connectivity index (χ3v) is 20.4. The molecule has 0 spiro atoms. The van der Waals surface area contributed by atoms with E-state index in [1.54, 1.807) is 30.3 Å². The molecule has 0 aliphatic carbocycles. The number of carboxylic acids is 1. The van der Waals surface area contributed by atoms with Gasteiger partial charge in [0, 0.05) is 65.8 Å². The van der Waals surface area contributed by atoms with Gasteiger partial charge in [-0.3, -0.25) is 28.8 Å². The molecule has 0 saturated carbocycles. The molecular weight excluding hydrogens is 1630 g/mol. The molecule has 6 heterocycles. The number of aliphatic hydroxyl groups excluding tert-OH is 18. The van der Waals surface area contributed by atoms with E-state index in [1.165, 1.54) is 12.1 Å². The fourth-order valence-electron chi connectivity index (χ4n) is 13.8. The van der Waals surface area contributed by atoms with E-state index >= 15 is 0 Å². The van der Waals surface area contributed by atoms with E-state index in [-0.39, 0.29) is 133 Å². The lowest BCUT2D eigenvalue weighted by molar-refractivity contribution is -0.376. The van der Waals surface area contributed by atoms with Crippen molar-refractivity contribution in [2.24, 2.45) is 0 Å². The molecule has 46 heteroatoms. The second kappa shape index (κ2) is 49.4. The van der Waals surface area contributed by atoms with Gasteiger partial charge in [-0.1, -0.05) is 12.1 Å². The van der Waals surface area contributed by atoms with E-state index < -0.39 is 254 Å².